The van der Waals surface area contributed by atoms with Gasteiger partial charge in [-0.1, -0.05) is 12.1 Å². The number of carbonyl (C=O) groups excluding carboxylic acids is 1. The lowest BCUT2D eigenvalue weighted by atomic mass is 10.1. The Morgan fingerprint density at radius 2 is 2.31 bits per heavy atom. The van der Waals surface area contributed by atoms with Crippen LogP contribution >= 0.6 is 0 Å². The van der Waals surface area contributed by atoms with Crippen molar-refractivity contribution < 1.29 is 9.53 Å². The van der Waals surface area contributed by atoms with E-state index in [-0.39, 0.29) is 5.91 Å². The predicted octanol–water partition coefficient (Wildman–Crippen LogP) is 2.12. The van der Waals surface area contributed by atoms with Crippen LogP contribution < -0.4 is 10.1 Å². The van der Waals surface area contributed by atoms with Crippen molar-refractivity contribution in [1.82, 2.24) is 5.32 Å². The summed E-state index contributed by atoms with van der Waals surface area (Å²) < 4.78 is 5.44. The first kappa shape index (κ1) is 10.7. The lowest BCUT2D eigenvalue weighted by Crippen LogP contribution is -2.17. The van der Waals surface area contributed by atoms with Crippen LogP contribution in [-0.4, -0.2) is 12.5 Å². The number of benzene rings is 1. The number of allylic oxidation sites excluding steroid dienone is 1. The third-order valence-corrected chi connectivity index (χ3v) is 2.52. The van der Waals surface area contributed by atoms with Gasteiger partial charge in [0.1, 0.15) is 5.75 Å². The Bertz CT molecular complexity index is 449. The van der Waals surface area contributed by atoms with Crippen LogP contribution in [0.5, 0.6) is 5.75 Å². The molecule has 1 aliphatic carbocycles. The number of hydrogen-bond acceptors (Lipinski definition) is 2. The SMILES string of the molecule is CCOc1ccc2c(c1)C(NC(C)=O)=CC2. The van der Waals surface area contributed by atoms with Gasteiger partial charge in [0, 0.05) is 18.2 Å². The topological polar surface area (TPSA) is 38.3 Å². The first-order valence-corrected chi connectivity index (χ1v) is 5.44. The first-order chi connectivity index (χ1) is 7.70. The highest BCUT2D eigenvalue weighted by Crippen LogP contribution is 2.29. The van der Waals surface area contributed by atoms with E-state index >= 15 is 0 Å². The molecular formula is C13H15NO2. The zero-order valence-corrected chi connectivity index (χ0v) is 9.54. The molecule has 2 rings (SSSR count). The molecule has 0 aliphatic heterocycles. The van der Waals surface area contributed by atoms with E-state index in [2.05, 4.69) is 5.32 Å². The molecule has 0 bridgehead atoms. The quantitative estimate of drug-likeness (QED) is 0.842. The Hall–Kier alpha value is -1.77. The molecule has 0 unspecified atom stereocenters. The first-order valence-electron chi connectivity index (χ1n) is 5.44. The van der Waals surface area contributed by atoms with Gasteiger partial charge in [0.2, 0.25) is 5.91 Å². The van der Waals surface area contributed by atoms with Gasteiger partial charge in [-0.25, -0.2) is 0 Å². The second-order valence-corrected chi connectivity index (χ2v) is 3.76. The van der Waals surface area contributed by atoms with E-state index in [4.69, 9.17) is 4.74 Å². The number of hydrogen-bond donors (Lipinski definition) is 1. The highest BCUT2D eigenvalue weighted by molar-refractivity contribution is 5.87. The zero-order valence-electron chi connectivity index (χ0n) is 9.54. The van der Waals surface area contributed by atoms with Crippen LogP contribution in [-0.2, 0) is 11.2 Å². The summed E-state index contributed by atoms with van der Waals surface area (Å²) in [6.45, 7) is 4.13. The summed E-state index contributed by atoms with van der Waals surface area (Å²) in [6, 6.07) is 5.99. The van der Waals surface area contributed by atoms with E-state index in [0.29, 0.717) is 6.61 Å². The molecule has 84 valence electrons. The van der Waals surface area contributed by atoms with Crippen molar-refractivity contribution in [2.45, 2.75) is 20.3 Å². The van der Waals surface area contributed by atoms with Gasteiger partial charge in [-0.15, -0.1) is 0 Å². The number of rotatable bonds is 3. The van der Waals surface area contributed by atoms with Crippen LogP contribution in [0.2, 0.25) is 0 Å². The van der Waals surface area contributed by atoms with Crippen LogP contribution in [0.25, 0.3) is 5.70 Å². The highest BCUT2D eigenvalue weighted by Gasteiger charge is 2.15. The molecule has 0 spiro atoms. The number of amides is 1. The molecule has 0 saturated heterocycles. The standard InChI is InChI=1S/C13H15NO2/c1-3-16-11-6-4-10-5-7-13(12(10)8-11)14-9(2)15/h4,6-8H,3,5H2,1-2H3,(H,14,15). The van der Waals surface area contributed by atoms with Crippen LogP contribution in [0.1, 0.15) is 25.0 Å². The molecule has 1 aromatic rings. The maximum atomic E-state index is 11.0. The summed E-state index contributed by atoms with van der Waals surface area (Å²) in [4.78, 5) is 11.0. The van der Waals surface area contributed by atoms with E-state index in [9.17, 15) is 4.79 Å². The van der Waals surface area contributed by atoms with E-state index < -0.39 is 0 Å². The molecule has 0 aromatic heterocycles. The number of ether oxygens (including phenoxy) is 1. The van der Waals surface area contributed by atoms with Gasteiger partial charge >= 0.3 is 0 Å². The predicted molar refractivity (Wildman–Crippen MR) is 63.1 cm³/mol. The van der Waals surface area contributed by atoms with Gasteiger partial charge in [0.05, 0.1) is 6.61 Å². The monoisotopic (exact) mass is 217 g/mol. The molecule has 0 fully saturated rings. The Morgan fingerprint density at radius 1 is 1.50 bits per heavy atom. The Kier molecular flexibility index (Phi) is 2.95. The fourth-order valence-corrected chi connectivity index (χ4v) is 1.87. The number of fused-ring (bicyclic) bond motifs is 1. The molecule has 0 heterocycles. The Morgan fingerprint density at radius 3 is 3.00 bits per heavy atom. The third kappa shape index (κ3) is 2.08. The van der Waals surface area contributed by atoms with E-state index in [1.807, 2.05) is 31.2 Å². The van der Waals surface area contributed by atoms with Crippen molar-refractivity contribution in [2.75, 3.05) is 6.61 Å². The van der Waals surface area contributed by atoms with Gasteiger partial charge in [0.15, 0.2) is 0 Å². The highest BCUT2D eigenvalue weighted by atomic mass is 16.5. The fraction of sp³-hybridized carbons (Fsp3) is 0.308. The molecule has 16 heavy (non-hydrogen) atoms. The van der Waals surface area contributed by atoms with E-state index in [1.165, 1.54) is 12.5 Å². The zero-order chi connectivity index (χ0) is 11.5. The average molecular weight is 217 g/mol. The second kappa shape index (κ2) is 4.39. The minimum Gasteiger partial charge on any atom is -0.494 e. The van der Waals surface area contributed by atoms with Crippen LogP contribution in [0, 0.1) is 0 Å². The molecule has 1 aliphatic rings. The molecule has 1 N–H and O–H groups in total. The lowest BCUT2D eigenvalue weighted by Gasteiger charge is -2.09. The summed E-state index contributed by atoms with van der Waals surface area (Å²) in [5, 5.41) is 2.83. The van der Waals surface area contributed by atoms with E-state index in [1.54, 1.807) is 0 Å². The van der Waals surface area contributed by atoms with Crippen molar-refractivity contribution >= 4 is 11.6 Å². The van der Waals surface area contributed by atoms with Gasteiger partial charge in [-0.05, 0) is 31.0 Å². The molecule has 3 nitrogen and oxygen atoms in total. The largest absolute Gasteiger partial charge is 0.494 e. The van der Waals surface area contributed by atoms with Crippen LogP contribution in [0.15, 0.2) is 24.3 Å². The second-order valence-electron chi connectivity index (χ2n) is 3.76. The molecular weight excluding hydrogens is 202 g/mol. The fourth-order valence-electron chi connectivity index (χ4n) is 1.87. The summed E-state index contributed by atoms with van der Waals surface area (Å²) >= 11 is 0. The van der Waals surface area contributed by atoms with Crippen molar-refractivity contribution in [1.29, 1.82) is 0 Å². The number of carbonyl (C=O) groups is 1. The van der Waals surface area contributed by atoms with Crippen molar-refractivity contribution in [3.05, 3.63) is 35.4 Å². The van der Waals surface area contributed by atoms with Gasteiger partial charge in [-0.3, -0.25) is 4.79 Å². The summed E-state index contributed by atoms with van der Waals surface area (Å²) in [6.07, 6.45) is 2.90. The van der Waals surface area contributed by atoms with Crippen molar-refractivity contribution in [2.24, 2.45) is 0 Å². The van der Waals surface area contributed by atoms with Gasteiger partial charge < -0.3 is 10.1 Å². The normalized spacial score (nSPS) is 13.0. The van der Waals surface area contributed by atoms with Crippen LogP contribution in [0.4, 0.5) is 0 Å². The van der Waals surface area contributed by atoms with Gasteiger partial charge in [-0.2, -0.15) is 0 Å². The third-order valence-electron chi connectivity index (χ3n) is 2.52. The lowest BCUT2D eigenvalue weighted by molar-refractivity contribution is -0.117. The summed E-state index contributed by atoms with van der Waals surface area (Å²) in [5.41, 5.74) is 3.19. The van der Waals surface area contributed by atoms with E-state index in [0.717, 1.165) is 23.4 Å². The average Bonchev–Trinajstić information content (AvgIpc) is 2.61. The molecule has 0 saturated carbocycles. The Balaban J connectivity index is 2.27. The van der Waals surface area contributed by atoms with Gasteiger partial charge in [0.25, 0.3) is 0 Å². The number of nitrogens with one attached hydrogen (secondary N) is 1. The van der Waals surface area contributed by atoms with Crippen molar-refractivity contribution in [3.63, 3.8) is 0 Å². The summed E-state index contributed by atoms with van der Waals surface area (Å²) in [5.74, 6) is 0.806. The smallest absolute Gasteiger partial charge is 0.221 e. The summed E-state index contributed by atoms with van der Waals surface area (Å²) in [7, 11) is 0. The molecule has 1 aromatic carbocycles. The van der Waals surface area contributed by atoms with Crippen molar-refractivity contribution in [3.8, 4) is 5.75 Å². The maximum absolute atomic E-state index is 11.0. The van der Waals surface area contributed by atoms with Crippen LogP contribution in [0.3, 0.4) is 0 Å². The Labute approximate surface area is 95.1 Å². The molecule has 3 heteroatoms. The molecule has 1 amide bonds. The minimum atomic E-state index is -0.0408. The molecule has 0 atom stereocenters. The maximum Gasteiger partial charge on any atom is 0.221 e. The molecule has 0 radical (unpaired) electrons. The minimum absolute atomic E-state index is 0.0408.